The molecule has 0 saturated heterocycles. The van der Waals surface area contributed by atoms with Gasteiger partial charge in [-0.25, -0.2) is 0 Å². The Balaban J connectivity index is 3.87. The Labute approximate surface area is 97.1 Å². The molecular formula is C13H20O3. The second-order valence-electron chi connectivity index (χ2n) is 3.32. The summed E-state index contributed by atoms with van der Waals surface area (Å²) in [5.74, 6) is -0.793. The van der Waals surface area contributed by atoms with Crippen molar-refractivity contribution in [3.8, 4) is 0 Å². The number of carboxylic acid groups (broad SMARTS) is 1. The number of carbonyl (C=O) groups is 1. The molecule has 0 bridgehead atoms. The number of allylic oxidation sites excluding steroid dienone is 5. The van der Waals surface area contributed by atoms with E-state index >= 15 is 0 Å². The highest BCUT2D eigenvalue weighted by atomic mass is 16.5. The summed E-state index contributed by atoms with van der Waals surface area (Å²) in [5, 5.41) is 8.53. The van der Waals surface area contributed by atoms with E-state index in [1.807, 2.05) is 37.3 Å². The van der Waals surface area contributed by atoms with Gasteiger partial charge in [-0.05, 0) is 19.8 Å². The van der Waals surface area contributed by atoms with Gasteiger partial charge in [-0.15, -0.1) is 0 Å². The minimum absolute atomic E-state index is 0.123. The van der Waals surface area contributed by atoms with Crippen LogP contribution in [0.2, 0.25) is 0 Å². The van der Waals surface area contributed by atoms with Crippen LogP contribution in [0.4, 0.5) is 0 Å². The maximum Gasteiger partial charge on any atom is 0.303 e. The zero-order chi connectivity index (χ0) is 12.2. The summed E-state index contributed by atoms with van der Waals surface area (Å²) in [6.45, 7) is 1.98. The van der Waals surface area contributed by atoms with E-state index in [1.165, 1.54) is 0 Å². The molecule has 1 unspecified atom stereocenters. The van der Waals surface area contributed by atoms with Crippen molar-refractivity contribution in [1.29, 1.82) is 0 Å². The van der Waals surface area contributed by atoms with Gasteiger partial charge in [0.1, 0.15) is 0 Å². The number of hydrogen-bond donors (Lipinski definition) is 1. The SMILES string of the molecule is CC=CCC=CC=CC(CCC(=O)O)OC. The normalized spacial score (nSPS) is 14.1. The van der Waals surface area contributed by atoms with E-state index in [0.717, 1.165) is 6.42 Å². The molecule has 0 aliphatic rings. The molecule has 0 aliphatic heterocycles. The van der Waals surface area contributed by atoms with E-state index in [4.69, 9.17) is 9.84 Å². The average molecular weight is 224 g/mol. The second kappa shape index (κ2) is 10.2. The Bertz CT molecular complexity index is 264. The topological polar surface area (TPSA) is 46.5 Å². The van der Waals surface area contributed by atoms with E-state index in [0.29, 0.717) is 6.42 Å². The van der Waals surface area contributed by atoms with Gasteiger partial charge >= 0.3 is 5.97 Å². The van der Waals surface area contributed by atoms with Crippen molar-refractivity contribution < 1.29 is 14.6 Å². The van der Waals surface area contributed by atoms with Crippen LogP contribution < -0.4 is 0 Å². The fourth-order valence-electron chi connectivity index (χ4n) is 1.12. The lowest BCUT2D eigenvalue weighted by molar-refractivity contribution is -0.137. The van der Waals surface area contributed by atoms with Crippen LogP contribution in [0.1, 0.15) is 26.2 Å². The smallest absolute Gasteiger partial charge is 0.303 e. The molecule has 0 aliphatic carbocycles. The van der Waals surface area contributed by atoms with Crippen LogP contribution in [-0.4, -0.2) is 24.3 Å². The summed E-state index contributed by atoms with van der Waals surface area (Å²) in [7, 11) is 1.58. The van der Waals surface area contributed by atoms with Gasteiger partial charge in [0.25, 0.3) is 0 Å². The first-order valence-corrected chi connectivity index (χ1v) is 5.39. The van der Waals surface area contributed by atoms with Gasteiger partial charge in [0.15, 0.2) is 0 Å². The van der Waals surface area contributed by atoms with Crippen molar-refractivity contribution in [1.82, 2.24) is 0 Å². The van der Waals surface area contributed by atoms with Gasteiger partial charge in [0.2, 0.25) is 0 Å². The number of aliphatic carboxylic acids is 1. The lowest BCUT2D eigenvalue weighted by Crippen LogP contribution is -2.09. The van der Waals surface area contributed by atoms with Crippen molar-refractivity contribution in [2.45, 2.75) is 32.3 Å². The Kier molecular flexibility index (Phi) is 9.32. The quantitative estimate of drug-likeness (QED) is 0.509. The third kappa shape index (κ3) is 9.21. The first kappa shape index (κ1) is 14.6. The first-order chi connectivity index (χ1) is 7.70. The molecule has 16 heavy (non-hydrogen) atoms. The summed E-state index contributed by atoms with van der Waals surface area (Å²) in [5.41, 5.74) is 0. The molecule has 0 radical (unpaired) electrons. The van der Waals surface area contributed by atoms with Crippen LogP contribution in [0.5, 0.6) is 0 Å². The monoisotopic (exact) mass is 224 g/mol. The maximum atomic E-state index is 10.4. The van der Waals surface area contributed by atoms with Crippen LogP contribution >= 0.6 is 0 Å². The van der Waals surface area contributed by atoms with E-state index in [2.05, 4.69) is 6.08 Å². The van der Waals surface area contributed by atoms with Crippen molar-refractivity contribution in [3.63, 3.8) is 0 Å². The zero-order valence-corrected chi connectivity index (χ0v) is 9.93. The van der Waals surface area contributed by atoms with Crippen molar-refractivity contribution >= 4 is 5.97 Å². The van der Waals surface area contributed by atoms with Crippen molar-refractivity contribution in [2.24, 2.45) is 0 Å². The largest absolute Gasteiger partial charge is 0.481 e. The zero-order valence-electron chi connectivity index (χ0n) is 9.93. The van der Waals surface area contributed by atoms with Gasteiger partial charge < -0.3 is 9.84 Å². The molecule has 90 valence electrons. The van der Waals surface area contributed by atoms with E-state index in [1.54, 1.807) is 7.11 Å². The van der Waals surface area contributed by atoms with Gasteiger partial charge in [-0.3, -0.25) is 4.79 Å². The highest BCUT2D eigenvalue weighted by Crippen LogP contribution is 2.03. The highest BCUT2D eigenvalue weighted by Gasteiger charge is 2.04. The van der Waals surface area contributed by atoms with Gasteiger partial charge in [-0.1, -0.05) is 36.5 Å². The molecule has 3 nitrogen and oxygen atoms in total. The van der Waals surface area contributed by atoms with Crippen LogP contribution in [0.25, 0.3) is 0 Å². The second-order valence-corrected chi connectivity index (χ2v) is 3.32. The standard InChI is InChI=1S/C13H20O3/c1-3-4-5-6-7-8-9-12(16-2)10-11-13(14)15/h3-4,6-9,12H,5,10-11H2,1-2H3,(H,14,15). The molecule has 0 aromatic rings. The molecule has 0 spiro atoms. The average Bonchev–Trinajstić information content (AvgIpc) is 2.27. The van der Waals surface area contributed by atoms with E-state index in [-0.39, 0.29) is 12.5 Å². The third-order valence-corrected chi connectivity index (χ3v) is 2.03. The minimum atomic E-state index is -0.793. The minimum Gasteiger partial charge on any atom is -0.481 e. The summed E-state index contributed by atoms with van der Waals surface area (Å²) in [6.07, 6.45) is 13.2. The third-order valence-electron chi connectivity index (χ3n) is 2.03. The van der Waals surface area contributed by atoms with Crippen molar-refractivity contribution in [2.75, 3.05) is 7.11 Å². The fourth-order valence-corrected chi connectivity index (χ4v) is 1.12. The molecule has 0 aromatic heterocycles. The summed E-state index contributed by atoms with van der Waals surface area (Å²) in [6, 6.07) is 0. The molecular weight excluding hydrogens is 204 g/mol. The molecule has 3 heteroatoms. The number of hydrogen-bond acceptors (Lipinski definition) is 2. The van der Waals surface area contributed by atoms with E-state index in [9.17, 15) is 4.79 Å². The number of methoxy groups -OCH3 is 1. The molecule has 1 N–H and O–H groups in total. The van der Waals surface area contributed by atoms with Gasteiger partial charge in [-0.2, -0.15) is 0 Å². The Morgan fingerprint density at radius 2 is 2.12 bits per heavy atom. The number of carboxylic acids is 1. The number of ether oxygens (including phenoxy) is 1. The van der Waals surface area contributed by atoms with Crippen LogP contribution in [0.3, 0.4) is 0 Å². The van der Waals surface area contributed by atoms with Crippen molar-refractivity contribution in [3.05, 3.63) is 36.5 Å². The predicted molar refractivity (Wildman–Crippen MR) is 65.4 cm³/mol. The summed E-state index contributed by atoms with van der Waals surface area (Å²) in [4.78, 5) is 10.4. The molecule has 0 fully saturated rings. The maximum absolute atomic E-state index is 10.4. The Hall–Kier alpha value is -1.35. The van der Waals surface area contributed by atoms with E-state index < -0.39 is 5.97 Å². The summed E-state index contributed by atoms with van der Waals surface area (Å²) < 4.78 is 5.13. The molecule has 0 rings (SSSR count). The molecule has 0 aromatic carbocycles. The summed E-state index contributed by atoms with van der Waals surface area (Å²) >= 11 is 0. The lowest BCUT2D eigenvalue weighted by atomic mass is 10.2. The highest BCUT2D eigenvalue weighted by molar-refractivity contribution is 5.66. The van der Waals surface area contributed by atoms with Gasteiger partial charge in [0, 0.05) is 13.5 Å². The Morgan fingerprint density at radius 1 is 1.38 bits per heavy atom. The van der Waals surface area contributed by atoms with Gasteiger partial charge in [0.05, 0.1) is 6.10 Å². The molecule has 0 saturated carbocycles. The number of rotatable bonds is 8. The predicted octanol–water partition coefficient (Wildman–Crippen LogP) is 2.94. The lowest BCUT2D eigenvalue weighted by Gasteiger charge is -2.07. The Morgan fingerprint density at radius 3 is 2.69 bits per heavy atom. The van der Waals surface area contributed by atoms with Crippen LogP contribution in [0, 0.1) is 0 Å². The van der Waals surface area contributed by atoms with Crippen LogP contribution in [0.15, 0.2) is 36.5 Å². The van der Waals surface area contributed by atoms with Crippen LogP contribution in [-0.2, 0) is 9.53 Å². The molecule has 1 atom stereocenters. The molecule has 0 heterocycles. The molecule has 0 amide bonds. The fraction of sp³-hybridized carbons (Fsp3) is 0.462. The first-order valence-electron chi connectivity index (χ1n) is 5.39.